The molecule has 23 heavy (non-hydrogen) atoms. The first-order valence-corrected chi connectivity index (χ1v) is 8.17. The number of nitrogens with one attached hydrogen (secondary N) is 2. The Morgan fingerprint density at radius 3 is 2.17 bits per heavy atom. The smallest absolute Gasteiger partial charge is 0.317 e. The van der Waals surface area contributed by atoms with Gasteiger partial charge in [0.15, 0.2) is 6.73 Å². The van der Waals surface area contributed by atoms with Gasteiger partial charge in [0.25, 0.3) is 0 Å². The molecule has 2 amide bonds. The summed E-state index contributed by atoms with van der Waals surface area (Å²) in [4.78, 5) is 12.1. The average molecular weight is 320 g/mol. The minimum atomic E-state index is -0.266. The second-order valence-electron chi connectivity index (χ2n) is 8.19. The van der Waals surface area contributed by atoms with Gasteiger partial charge in [-0.25, -0.2) is 4.79 Å². The molecule has 0 aliphatic rings. The van der Waals surface area contributed by atoms with Crippen LogP contribution < -0.4 is 15.4 Å². The van der Waals surface area contributed by atoms with Crippen molar-refractivity contribution in [1.29, 1.82) is 0 Å². The Morgan fingerprint density at radius 2 is 1.61 bits per heavy atom. The van der Waals surface area contributed by atoms with Gasteiger partial charge in [0, 0.05) is 5.54 Å². The molecule has 0 aliphatic heterocycles. The van der Waals surface area contributed by atoms with Crippen molar-refractivity contribution in [3.8, 4) is 5.75 Å². The quantitative estimate of drug-likeness (QED) is 0.787. The molecule has 1 rings (SSSR count). The predicted molar refractivity (Wildman–Crippen MR) is 96.0 cm³/mol. The molecule has 130 valence electrons. The zero-order chi connectivity index (χ0) is 17.8. The van der Waals surface area contributed by atoms with Crippen LogP contribution in [0.1, 0.15) is 57.7 Å². The van der Waals surface area contributed by atoms with Gasteiger partial charge >= 0.3 is 6.03 Å². The van der Waals surface area contributed by atoms with Gasteiger partial charge in [0.2, 0.25) is 0 Å². The lowest BCUT2D eigenvalue weighted by Crippen LogP contribution is -2.50. The first-order valence-electron chi connectivity index (χ1n) is 8.17. The van der Waals surface area contributed by atoms with Crippen molar-refractivity contribution < 1.29 is 9.53 Å². The first kappa shape index (κ1) is 19.3. The lowest BCUT2D eigenvalue weighted by atomic mass is 9.82. The summed E-state index contributed by atoms with van der Waals surface area (Å²) < 4.78 is 5.76. The molecule has 0 fully saturated rings. The zero-order valence-electron chi connectivity index (χ0n) is 15.9. The summed E-state index contributed by atoms with van der Waals surface area (Å²) in [7, 11) is 0. The summed E-state index contributed by atoms with van der Waals surface area (Å²) in [6, 6.07) is 3.90. The van der Waals surface area contributed by atoms with E-state index in [1.54, 1.807) is 0 Å². The molecule has 1 aromatic rings. The van der Waals surface area contributed by atoms with Gasteiger partial charge in [0.05, 0.1) is 0 Å². The summed E-state index contributed by atoms with van der Waals surface area (Å²) in [5.74, 6) is 0.847. The van der Waals surface area contributed by atoms with E-state index in [0.29, 0.717) is 0 Å². The molecule has 0 aliphatic carbocycles. The molecule has 0 unspecified atom stereocenters. The highest BCUT2D eigenvalue weighted by Crippen LogP contribution is 2.27. The van der Waals surface area contributed by atoms with Gasteiger partial charge in [-0.2, -0.15) is 0 Å². The van der Waals surface area contributed by atoms with Crippen LogP contribution >= 0.6 is 0 Å². The van der Waals surface area contributed by atoms with Crippen LogP contribution in [0.4, 0.5) is 4.79 Å². The largest absolute Gasteiger partial charge is 0.473 e. The van der Waals surface area contributed by atoms with Crippen molar-refractivity contribution in [2.45, 2.75) is 67.3 Å². The third-order valence-electron chi connectivity index (χ3n) is 3.75. The molecule has 1 aromatic carbocycles. The fourth-order valence-electron chi connectivity index (χ4n) is 3.04. The van der Waals surface area contributed by atoms with Gasteiger partial charge in [-0.15, -0.1) is 0 Å². The Bertz CT molecular complexity index is 557. The fraction of sp³-hybridized carbons (Fsp3) is 0.632. The summed E-state index contributed by atoms with van der Waals surface area (Å²) >= 11 is 0. The maximum absolute atomic E-state index is 12.1. The summed E-state index contributed by atoms with van der Waals surface area (Å²) in [6.07, 6.45) is 0.893. The van der Waals surface area contributed by atoms with E-state index in [0.717, 1.165) is 23.3 Å². The molecule has 0 atom stereocenters. The first-order chi connectivity index (χ1) is 10.4. The lowest BCUT2D eigenvalue weighted by molar-refractivity contribution is 0.199. The van der Waals surface area contributed by atoms with Gasteiger partial charge in [-0.3, -0.25) is 0 Å². The Hall–Kier alpha value is -1.71. The Kier molecular flexibility index (Phi) is 6.09. The molecule has 0 bridgehead atoms. The third-order valence-corrected chi connectivity index (χ3v) is 3.75. The number of urea groups is 1. The van der Waals surface area contributed by atoms with Crippen LogP contribution in [0.5, 0.6) is 5.75 Å². The van der Waals surface area contributed by atoms with Crippen LogP contribution in [-0.4, -0.2) is 18.3 Å². The van der Waals surface area contributed by atoms with Crippen molar-refractivity contribution in [2.75, 3.05) is 6.73 Å². The number of carbonyl (C=O) groups excluding carboxylic acids is 1. The number of carbonyl (C=O) groups is 1. The molecule has 0 saturated heterocycles. The maximum atomic E-state index is 12.1. The Labute approximate surface area is 141 Å². The van der Waals surface area contributed by atoms with Crippen LogP contribution in [0.15, 0.2) is 12.1 Å². The van der Waals surface area contributed by atoms with Crippen LogP contribution in [0.25, 0.3) is 0 Å². The van der Waals surface area contributed by atoms with Crippen LogP contribution in [0.3, 0.4) is 0 Å². The third kappa shape index (κ3) is 6.51. The fourth-order valence-corrected chi connectivity index (χ4v) is 3.04. The van der Waals surface area contributed by atoms with Crippen molar-refractivity contribution >= 4 is 6.03 Å². The zero-order valence-corrected chi connectivity index (χ0v) is 15.9. The van der Waals surface area contributed by atoms with Crippen molar-refractivity contribution in [3.63, 3.8) is 0 Å². The molecule has 0 saturated carbocycles. The van der Waals surface area contributed by atoms with Crippen molar-refractivity contribution in [3.05, 3.63) is 28.8 Å². The molecule has 0 aromatic heterocycles. The number of rotatable bonds is 5. The highest BCUT2D eigenvalue weighted by Gasteiger charge is 2.26. The summed E-state index contributed by atoms with van der Waals surface area (Å²) in [6.45, 7) is 16.8. The molecule has 4 heteroatoms. The SMILES string of the molecule is Cc1ccc(C)c(OCNC(=O)NC(C)(C)CC(C)(C)C)c1C. The van der Waals surface area contributed by atoms with E-state index in [9.17, 15) is 4.79 Å². The number of ether oxygens (including phenoxy) is 1. The summed E-state index contributed by atoms with van der Waals surface area (Å²) in [5.41, 5.74) is 3.26. The minimum absolute atomic E-state index is 0.155. The molecular weight excluding hydrogens is 288 g/mol. The van der Waals surface area contributed by atoms with Crippen LogP contribution in [0.2, 0.25) is 0 Å². The molecular formula is C19H32N2O2. The van der Waals surface area contributed by atoms with Crippen molar-refractivity contribution in [2.24, 2.45) is 5.41 Å². The highest BCUT2D eigenvalue weighted by molar-refractivity contribution is 5.74. The number of hydrogen-bond donors (Lipinski definition) is 2. The van der Waals surface area contributed by atoms with E-state index >= 15 is 0 Å². The maximum Gasteiger partial charge on any atom is 0.317 e. The van der Waals surface area contributed by atoms with E-state index in [2.05, 4.69) is 44.4 Å². The monoisotopic (exact) mass is 320 g/mol. The van der Waals surface area contributed by atoms with Crippen molar-refractivity contribution in [1.82, 2.24) is 10.6 Å². The number of amides is 2. The molecule has 0 radical (unpaired) electrons. The van der Waals surface area contributed by atoms with Gasteiger partial charge < -0.3 is 15.4 Å². The molecule has 0 heterocycles. The Balaban J connectivity index is 2.54. The van der Waals surface area contributed by atoms with Gasteiger partial charge in [-0.05, 0) is 63.1 Å². The number of aryl methyl sites for hydroxylation is 2. The second-order valence-corrected chi connectivity index (χ2v) is 8.19. The number of hydrogen-bond acceptors (Lipinski definition) is 2. The van der Waals surface area contributed by atoms with Crippen LogP contribution in [-0.2, 0) is 0 Å². The number of benzene rings is 1. The van der Waals surface area contributed by atoms with E-state index < -0.39 is 0 Å². The normalized spacial score (nSPS) is 12.0. The van der Waals surface area contributed by atoms with E-state index in [-0.39, 0.29) is 23.7 Å². The lowest BCUT2D eigenvalue weighted by Gasteiger charge is -2.33. The molecule has 2 N–H and O–H groups in total. The average Bonchev–Trinajstić information content (AvgIpc) is 2.34. The summed E-state index contributed by atoms with van der Waals surface area (Å²) in [5, 5.41) is 5.78. The van der Waals surface area contributed by atoms with E-state index in [4.69, 9.17) is 4.74 Å². The minimum Gasteiger partial charge on any atom is -0.473 e. The van der Waals surface area contributed by atoms with E-state index in [1.807, 2.05) is 33.8 Å². The molecule has 4 nitrogen and oxygen atoms in total. The molecule has 0 spiro atoms. The predicted octanol–water partition coefficient (Wildman–Crippen LogP) is 4.46. The topological polar surface area (TPSA) is 50.4 Å². The van der Waals surface area contributed by atoms with E-state index in [1.165, 1.54) is 5.56 Å². The van der Waals surface area contributed by atoms with Crippen LogP contribution in [0, 0.1) is 26.2 Å². The van der Waals surface area contributed by atoms with Gasteiger partial charge in [0.1, 0.15) is 5.75 Å². The standard InChI is InChI=1S/C19H32N2O2/c1-13-9-10-14(2)16(15(13)3)23-12-20-17(22)21-19(7,8)11-18(4,5)6/h9-10H,11-12H2,1-8H3,(H2,20,21,22). The highest BCUT2D eigenvalue weighted by atomic mass is 16.5. The van der Waals surface area contributed by atoms with Gasteiger partial charge in [-0.1, -0.05) is 32.9 Å². The Morgan fingerprint density at radius 1 is 1.04 bits per heavy atom. The second kappa shape index (κ2) is 7.24.